The van der Waals surface area contributed by atoms with Gasteiger partial charge in [0.25, 0.3) is 17.6 Å². The molecule has 0 spiro atoms. The van der Waals surface area contributed by atoms with Gasteiger partial charge in [-0.25, -0.2) is 9.37 Å². The number of hydrogen-bond donors (Lipinski definition) is 2. The van der Waals surface area contributed by atoms with E-state index < -0.39 is 23.6 Å². The smallest absolute Gasteiger partial charge is 0.294 e. The molecule has 4 rings (SSSR count). The minimum Gasteiger partial charge on any atom is -0.446 e. The number of Topliss-reactive ketones (excluding diaryl/α,β-unsaturated/α-hetero) is 1. The van der Waals surface area contributed by atoms with Crippen molar-refractivity contribution in [2.24, 2.45) is 0 Å². The Kier molecular flexibility index (Phi) is 6.56. The van der Waals surface area contributed by atoms with E-state index in [2.05, 4.69) is 15.6 Å². The third-order valence-electron chi connectivity index (χ3n) is 5.78. The molecule has 1 aliphatic heterocycles. The van der Waals surface area contributed by atoms with Gasteiger partial charge < -0.3 is 19.6 Å². The Bertz CT molecular complexity index is 1300. The molecule has 3 aromatic rings. The molecule has 0 aliphatic carbocycles. The number of halogens is 2. The molecule has 2 amide bonds. The van der Waals surface area contributed by atoms with Crippen LogP contribution in [0.5, 0.6) is 0 Å². The lowest BCUT2D eigenvalue weighted by atomic mass is 10.1. The number of aromatic nitrogens is 2. The molecule has 1 aliphatic rings. The summed E-state index contributed by atoms with van der Waals surface area (Å²) in [7, 11) is 0. The van der Waals surface area contributed by atoms with Gasteiger partial charge in [-0.3, -0.25) is 14.4 Å². The summed E-state index contributed by atoms with van der Waals surface area (Å²) < 4.78 is 20.5. The lowest BCUT2D eigenvalue weighted by Crippen LogP contribution is -2.35. The maximum absolute atomic E-state index is 13.6. The largest absolute Gasteiger partial charge is 0.446 e. The molecule has 0 saturated carbocycles. The first-order valence-corrected chi connectivity index (χ1v) is 11.3. The molecule has 3 heterocycles. The average molecular weight is 487 g/mol. The SMILES string of the molecule is Cc1coc([C@@H](C)NC(=O)C(=O)c2c(Cl)c(C(=O)Nc3ccc(F)c(C)c3)c3n2CCCC3)n1. The van der Waals surface area contributed by atoms with Gasteiger partial charge in [-0.1, -0.05) is 11.6 Å². The first kappa shape index (κ1) is 23.7. The molecule has 0 bridgehead atoms. The highest BCUT2D eigenvalue weighted by atomic mass is 35.5. The normalized spacial score (nSPS) is 13.8. The Labute approximate surface area is 200 Å². The summed E-state index contributed by atoms with van der Waals surface area (Å²) >= 11 is 6.56. The fourth-order valence-corrected chi connectivity index (χ4v) is 4.46. The predicted molar refractivity (Wildman–Crippen MR) is 124 cm³/mol. The number of aryl methyl sites for hydroxylation is 2. The number of nitrogens with zero attached hydrogens (tertiary/aromatic N) is 2. The van der Waals surface area contributed by atoms with Crippen LogP contribution in [-0.4, -0.2) is 27.1 Å². The molecule has 2 N–H and O–H groups in total. The molecule has 34 heavy (non-hydrogen) atoms. The number of amides is 2. The molecular formula is C24H24ClFN4O4. The number of carbonyl (C=O) groups is 3. The number of anilines is 1. The first-order valence-electron chi connectivity index (χ1n) is 10.9. The van der Waals surface area contributed by atoms with Gasteiger partial charge in [0.1, 0.15) is 23.8 Å². The summed E-state index contributed by atoms with van der Waals surface area (Å²) in [4.78, 5) is 43.2. The van der Waals surface area contributed by atoms with E-state index in [4.69, 9.17) is 16.0 Å². The fourth-order valence-electron chi connectivity index (χ4n) is 4.07. The maximum Gasteiger partial charge on any atom is 0.294 e. The summed E-state index contributed by atoms with van der Waals surface area (Å²) in [5.41, 5.74) is 2.15. The van der Waals surface area contributed by atoms with Crippen molar-refractivity contribution in [1.82, 2.24) is 14.9 Å². The van der Waals surface area contributed by atoms with Crippen LogP contribution in [0.2, 0.25) is 5.02 Å². The van der Waals surface area contributed by atoms with E-state index in [-0.39, 0.29) is 28.0 Å². The molecule has 0 radical (unpaired) electrons. The molecule has 1 atom stereocenters. The van der Waals surface area contributed by atoms with Crippen molar-refractivity contribution in [2.45, 2.75) is 52.6 Å². The van der Waals surface area contributed by atoms with E-state index in [1.165, 1.54) is 24.5 Å². The van der Waals surface area contributed by atoms with Gasteiger partial charge in [0.2, 0.25) is 5.89 Å². The fraction of sp³-hybridized carbons (Fsp3) is 0.333. The number of benzene rings is 1. The van der Waals surface area contributed by atoms with Crippen LogP contribution in [0.15, 0.2) is 28.9 Å². The van der Waals surface area contributed by atoms with Crippen LogP contribution in [-0.2, 0) is 17.8 Å². The van der Waals surface area contributed by atoms with Gasteiger partial charge in [-0.15, -0.1) is 0 Å². The van der Waals surface area contributed by atoms with Crippen molar-refractivity contribution in [3.63, 3.8) is 0 Å². The number of ketones is 1. The van der Waals surface area contributed by atoms with Gasteiger partial charge in [0.15, 0.2) is 0 Å². The lowest BCUT2D eigenvalue weighted by molar-refractivity contribution is -0.117. The average Bonchev–Trinajstić information content (AvgIpc) is 3.36. The van der Waals surface area contributed by atoms with Crippen LogP contribution in [0.25, 0.3) is 0 Å². The molecule has 178 valence electrons. The third-order valence-corrected chi connectivity index (χ3v) is 6.14. The predicted octanol–water partition coefficient (Wildman–Crippen LogP) is 4.53. The quantitative estimate of drug-likeness (QED) is 0.393. The number of fused-ring (bicyclic) bond motifs is 1. The topological polar surface area (TPSA) is 106 Å². The molecule has 0 fully saturated rings. The number of rotatable bonds is 6. The van der Waals surface area contributed by atoms with Crippen LogP contribution >= 0.6 is 11.6 Å². The van der Waals surface area contributed by atoms with Crippen molar-refractivity contribution in [3.05, 3.63) is 69.4 Å². The van der Waals surface area contributed by atoms with Crippen LogP contribution in [0.4, 0.5) is 10.1 Å². The molecule has 1 aromatic carbocycles. The zero-order chi connectivity index (χ0) is 24.6. The number of carbonyl (C=O) groups excluding carboxylic acids is 3. The van der Waals surface area contributed by atoms with E-state index in [1.807, 2.05) is 0 Å². The second kappa shape index (κ2) is 9.42. The van der Waals surface area contributed by atoms with Crippen LogP contribution in [0.3, 0.4) is 0 Å². The van der Waals surface area contributed by atoms with Gasteiger partial charge in [0, 0.05) is 17.9 Å². The molecule has 8 nitrogen and oxygen atoms in total. The van der Waals surface area contributed by atoms with Gasteiger partial charge in [-0.2, -0.15) is 0 Å². The zero-order valence-corrected chi connectivity index (χ0v) is 19.8. The Hall–Kier alpha value is -3.46. The number of oxazole rings is 1. The summed E-state index contributed by atoms with van der Waals surface area (Å²) in [6, 6.07) is 3.58. The lowest BCUT2D eigenvalue weighted by Gasteiger charge is -2.18. The van der Waals surface area contributed by atoms with Crippen LogP contribution in [0.1, 0.15) is 69.5 Å². The molecular weight excluding hydrogens is 463 g/mol. The highest BCUT2D eigenvalue weighted by Crippen LogP contribution is 2.33. The minimum absolute atomic E-state index is 0.0231. The van der Waals surface area contributed by atoms with E-state index >= 15 is 0 Å². The minimum atomic E-state index is -0.878. The van der Waals surface area contributed by atoms with E-state index in [1.54, 1.807) is 25.3 Å². The van der Waals surface area contributed by atoms with Gasteiger partial charge >= 0.3 is 0 Å². The van der Waals surface area contributed by atoms with Crippen molar-refractivity contribution in [3.8, 4) is 0 Å². The Balaban J connectivity index is 1.63. The van der Waals surface area contributed by atoms with E-state index in [0.29, 0.717) is 35.6 Å². The van der Waals surface area contributed by atoms with Gasteiger partial charge in [-0.05, 0) is 63.8 Å². The summed E-state index contributed by atoms with van der Waals surface area (Å²) in [6.45, 7) is 5.45. The molecule has 2 aromatic heterocycles. The Morgan fingerprint density at radius 2 is 2.00 bits per heavy atom. The third kappa shape index (κ3) is 4.48. The first-order chi connectivity index (χ1) is 16.2. The highest BCUT2D eigenvalue weighted by molar-refractivity contribution is 6.48. The van der Waals surface area contributed by atoms with Crippen molar-refractivity contribution >= 4 is 34.9 Å². The second-order valence-corrected chi connectivity index (χ2v) is 8.74. The Morgan fingerprint density at radius 1 is 1.24 bits per heavy atom. The maximum atomic E-state index is 13.6. The summed E-state index contributed by atoms with van der Waals surface area (Å²) in [5, 5.41) is 5.22. The molecule has 10 heteroatoms. The standard InChI is InChI=1S/C24H24ClFN4O4/c1-12-10-15(7-8-16(12)26)29-22(32)18-17-6-4-5-9-30(17)20(19(18)25)21(31)23(33)28-14(3)24-27-13(2)11-34-24/h7-8,10-11,14H,4-6,9H2,1-3H3,(H,28,33)(H,29,32)/t14-/m1/s1. The van der Waals surface area contributed by atoms with Crippen LogP contribution < -0.4 is 10.6 Å². The van der Waals surface area contributed by atoms with Crippen molar-refractivity contribution in [2.75, 3.05) is 5.32 Å². The molecule has 0 unspecified atom stereocenters. The number of hydrogen-bond acceptors (Lipinski definition) is 5. The van der Waals surface area contributed by atoms with Crippen LogP contribution in [0, 0.1) is 19.7 Å². The second-order valence-electron chi connectivity index (χ2n) is 8.36. The van der Waals surface area contributed by atoms with Crippen molar-refractivity contribution < 1.29 is 23.2 Å². The highest BCUT2D eigenvalue weighted by Gasteiger charge is 2.34. The number of nitrogens with one attached hydrogen (secondary N) is 2. The monoisotopic (exact) mass is 486 g/mol. The van der Waals surface area contributed by atoms with Gasteiger partial charge in [0.05, 0.1) is 16.3 Å². The van der Waals surface area contributed by atoms with E-state index in [9.17, 15) is 18.8 Å². The van der Waals surface area contributed by atoms with Crippen molar-refractivity contribution in [1.29, 1.82) is 0 Å². The summed E-state index contributed by atoms with van der Waals surface area (Å²) in [6.07, 6.45) is 3.58. The molecule has 0 saturated heterocycles. The zero-order valence-electron chi connectivity index (χ0n) is 19.0. The van der Waals surface area contributed by atoms with E-state index in [0.717, 1.165) is 12.8 Å². The summed E-state index contributed by atoms with van der Waals surface area (Å²) in [5.74, 6) is -2.36. The Morgan fingerprint density at radius 3 is 2.68 bits per heavy atom.